The Morgan fingerprint density at radius 2 is 2.09 bits per heavy atom. The van der Waals surface area contributed by atoms with E-state index in [4.69, 9.17) is 8.83 Å². The second-order valence-electron chi connectivity index (χ2n) is 5.15. The first-order valence-corrected chi connectivity index (χ1v) is 7.92. The molecule has 0 radical (unpaired) electrons. The number of carbonyl (C=O) groups excluding carboxylic acids is 1. The molecule has 3 rings (SSSR count). The first-order chi connectivity index (χ1) is 10.6. The number of hydrogen-bond acceptors (Lipinski definition) is 4. The summed E-state index contributed by atoms with van der Waals surface area (Å²) >= 11 is 1.64. The molecule has 0 atom stereocenters. The van der Waals surface area contributed by atoms with Crippen LogP contribution >= 0.6 is 11.3 Å². The Morgan fingerprint density at radius 1 is 1.23 bits per heavy atom. The Labute approximate surface area is 133 Å². The highest BCUT2D eigenvalue weighted by molar-refractivity contribution is 7.09. The summed E-state index contributed by atoms with van der Waals surface area (Å²) in [6.45, 7) is 4.66. The second kappa shape index (κ2) is 6.23. The highest BCUT2D eigenvalue weighted by Crippen LogP contribution is 2.21. The number of carbonyl (C=O) groups is 1. The second-order valence-corrected chi connectivity index (χ2v) is 6.18. The zero-order valence-corrected chi connectivity index (χ0v) is 13.4. The maximum atomic E-state index is 12.9. The van der Waals surface area contributed by atoms with Gasteiger partial charge in [-0.05, 0) is 43.5 Å². The number of nitrogens with zero attached hydrogens (tertiary/aromatic N) is 1. The minimum atomic E-state index is -0.0425. The number of aryl methyl sites for hydroxylation is 2. The van der Waals surface area contributed by atoms with Crippen molar-refractivity contribution >= 4 is 17.2 Å². The van der Waals surface area contributed by atoms with Gasteiger partial charge in [-0.1, -0.05) is 6.07 Å². The van der Waals surface area contributed by atoms with Gasteiger partial charge in [-0.25, -0.2) is 0 Å². The quantitative estimate of drug-likeness (QED) is 0.701. The van der Waals surface area contributed by atoms with E-state index < -0.39 is 0 Å². The van der Waals surface area contributed by atoms with Gasteiger partial charge in [-0.3, -0.25) is 4.79 Å². The third-order valence-electron chi connectivity index (χ3n) is 3.41. The van der Waals surface area contributed by atoms with Crippen LogP contribution in [0.1, 0.15) is 32.5 Å². The molecule has 4 nitrogen and oxygen atoms in total. The standard InChI is InChI=1S/C17H17NO3S/c1-12-9-16(13(2)21-12)17(19)18(10-14-5-3-7-20-14)11-15-6-4-8-22-15/h3-9H,10-11H2,1-2H3. The molecule has 114 valence electrons. The van der Waals surface area contributed by atoms with Crippen molar-refractivity contribution in [3.05, 3.63) is 69.7 Å². The summed E-state index contributed by atoms with van der Waals surface area (Å²) in [5, 5.41) is 2.01. The summed E-state index contributed by atoms with van der Waals surface area (Å²) in [6, 6.07) is 9.52. The first kappa shape index (κ1) is 14.7. The Balaban J connectivity index is 1.86. The number of hydrogen-bond donors (Lipinski definition) is 0. The maximum Gasteiger partial charge on any atom is 0.258 e. The zero-order valence-electron chi connectivity index (χ0n) is 12.5. The van der Waals surface area contributed by atoms with Crippen molar-refractivity contribution in [1.29, 1.82) is 0 Å². The highest BCUT2D eigenvalue weighted by Gasteiger charge is 2.22. The summed E-state index contributed by atoms with van der Waals surface area (Å²) in [7, 11) is 0. The van der Waals surface area contributed by atoms with Crippen LogP contribution in [0.5, 0.6) is 0 Å². The molecular weight excluding hydrogens is 298 g/mol. The summed E-state index contributed by atoms with van der Waals surface area (Å²) in [5.41, 5.74) is 0.612. The molecule has 1 amide bonds. The Morgan fingerprint density at radius 3 is 2.68 bits per heavy atom. The third-order valence-corrected chi connectivity index (χ3v) is 4.27. The Kier molecular flexibility index (Phi) is 4.15. The summed E-state index contributed by atoms with van der Waals surface area (Å²) in [6.07, 6.45) is 1.62. The van der Waals surface area contributed by atoms with Crippen LogP contribution in [0, 0.1) is 13.8 Å². The largest absolute Gasteiger partial charge is 0.467 e. The molecule has 0 spiro atoms. The van der Waals surface area contributed by atoms with Gasteiger partial charge in [0.1, 0.15) is 17.3 Å². The molecule has 22 heavy (non-hydrogen) atoms. The number of thiophene rings is 1. The lowest BCUT2D eigenvalue weighted by molar-refractivity contribution is 0.0717. The van der Waals surface area contributed by atoms with E-state index in [9.17, 15) is 4.79 Å². The predicted molar refractivity (Wildman–Crippen MR) is 84.8 cm³/mol. The average molecular weight is 315 g/mol. The fraction of sp³-hybridized carbons (Fsp3) is 0.235. The van der Waals surface area contributed by atoms with E-state index >= 15 is 0 Å². The number of furan rings is 2. The smallest absolute Gasteiger partial charge is 0.258 e. The molecule has 0 unspecified atom stereocenters. The van der Waals surface area contributed by atoms with E-state index in [-0.39, 0.29) is 5.91 Å². The van der Waals surface area contributed by atoms with Crippen molar-refractivity contribution in [1.82, 2.24) is 4.90 Å². The lowest BCUT2D eigenvalue weighted by atomic mass is 10.2. The van der Waals surface area contributed by atoms with Gasteiger partial charge >= 0.3 is 0 Å². The van der Waals surface area contributed by atoms with Crippen LogP contribution < -0.4 is 0 Å². The van der Waals surface area contributed by atoms with Crippen molar-refractivity contribution in [3.8, 4) is 0 Å². The highest BCUT2D eigenvalue weighted by atomic mass is 32.1. The minimum Gasteiger partial charge on any atom is -0.467 e. The van der Waals surface area contributed by atoms with Crippen molar-refractivity contribution in [3.63, 3.8) is 0 Å². The monoisotopic (exact) mass is 315 g/mol. The molecule has 0 fully saturated rings. The van der Waals surface area contributed by atoms with Gasteiger partial charge in [0.25, 0.3) is 5.91 Å². The van der Waals surface area contributed by atoms with Crippen molar-refractivity contribution in [2.75, 3.05) is 0 Å². The van der Waals surface area contributed by atoms with Gasteiger partial charge in [0, 0.05) is 4.88 Å². The summed E-state index contributed by atoms with van der Waals surface area (Å²) < 4.78 is 10.9. The van der Waals surface area contributed by atoms with Crippen LogP contribution in [0.4, 0.5) is 0 Å². The van der Waals surface area contributed by atoms with Crippen LogP contribution in [0.3, 0.4) is 0 Å². The molecule has 0 aliphatic rings. The van der Waals surface area contributed by atoms with Gasteiger partial charge in [0.05, 0.1) is 24.9 Å². The van der Waals surface area contributed by atoms with Crippen molar-refractivity contribution < 1.29 is 13.6 Å². The molecule has 3 aromatic heterocycles. The molecule has 3 aromatic rings. The zero-order chi connectivity index (χ0) is 15.5. The van der Waals surface area contributed by atoms with Crippen LogP contribution in [0.25, 0.3) is 0 Å². The van der Waals surface area contributed by atoms with Crippen LogP contribution in [0.15, 0.2) is 50.8 Å². The lowest BCUT2D eigenvalue weighted by Crippen LogP contribution is -2.29. The molecule has 0 N–H and O–H groups in total. The molecular formula is C17H17NO3S. The van der Waals surface area contributed by atoms with Crippen LogP contribution in [0.2, 0.25) is 0 Å². The lowest BCUT2D eigenvalue weighted by Gasteiger charge is -2.20. The molecule has 5 heteroatoms. The summed E-state index contributed by atoms with van der Waals surface area (Å²) in [4.78, 5) is 15.8. The van der Waals surface area contributed by atoms with Gasteiger partial charge in [0.15, 0.2) is 0 Å². The van der Waals surface area contributed by atoms with Gasteiger partial charge in [0.2, 0.25) is 0 Å². The summed E-state index contributed by atoms with van der Waals surface area (Å²) in [5.74, 6) is 2.12. The fourth-order valence-corrected chi connectivity index (χ4v) is 3.11. The molecule has 0 aliphatic heterocycles. The van der Waals surface area contributed by atoms with Gasteiger partial charge in [-0.15, -0.1) is 11.3 Å². The fourth-order valence-electron chi connectivity index (χ4n) is 2.39. The van der Waals surface area contributed by atoms with E-state index in [1.165, 1.54) is 0 Å². The molecule has 3 heterocycles. The van der Waals surface area contributed by atoms with E-state index in [0.29, 0.717) is 24.4 Å². The Bertz CT molecular complexity index is 705. The van der Waals surface area contributed by atoms with E-state index in [1.807, 2.05) is 43.5 Å². The third kappa shape index (κ3) is 3.14. The van der Waals surface area contributed by atoms with Crippen LogP contribution in [-0.4, -0.2) is 10.8 Å². The number of amides is 1. The van der Waals surface area contributed by atoms with E-state index in [2.05, 4.69) is 0 Å². The topological polar surface area (TPSA) is 46.6 Å². The minimum absolute atomic E-state index is 0.0425. The molecule has 0 bridgehead atoms. The van der Waals surface area contributed by atoms with Crippen molar-refractivity contribution in [2.24, 2.45) is 0 Å². The molecule has 0 aliphatic carbocycles. The average Bonchev–Trinajstić information content (AvgIpc) is 3.20. The van der Waals surface area contributed by atoms with Gasteiger partial charge in [-0.2, -0.15) is 0 Å². The SMILES string of the molecule is Cc1cc(C(=O)N(Cc2ccco2)Cc2cccs2)c(C)o1. The Hall–Kier alpha value is -2.27. The van der Waals surface area contributed by atoms with Gasteiger partial charge < -0.3 is 13.7 Å². The van der Waals surface area contributed by atoms with E-state index in [0.717, 1.165) is 16.4 Å². The molecule has 0 aromatic carbocycles. The normalized spacial score (nSPS) is 10.8. The van der Waals surface area contributed by atoms with Crippen molar-refractivity contribution in [2.45, 2.75) is 26.9 Å². The predicted octanol–water partition coefficient (Wildman–Crippen LogP) is 4.39. The van der Waals surface area contributed by atoms with E-state index in [1.54, 1.807) is 28.6 Å². The molecule has 0 saturated carbocycles. The maximum absolute atomic E-state index is 12.9. The molecule has 0 saturated heterocycles. The van der Waals surface area contributed by atoms with Crippen LogP contribution in [-0.2, 0) is 13.1 Å². The number of rotatable bonds is 5. The first-order valence-electron chi connectivity index (χ1n) is 7.04.